The molecule has 2 aromatic carbocycles. The van der Waals surface area contributed by atoms with Crippen LogP contribution in [-0.4, -0.2) is 11.1 Å². The van der Waals surface area contributed by atoms with Gasteiger partial charge in [-0.1, -0.05) is 18.2 Å². The van der Waals surface area contributed by atoms with Gasteiger partial charge in [0.1, 0.15) is 22.8 Å². The Bertz CT molecular complexity index is 967. The van der Waals surface area contributed by atoms with Crippen molar-refractivity contribution in [3.05, 3.63) is 71.3 Å². The molecule has 3 aromatic rings. The SMILES string of the molecule is O=C(Nc1ccc(F)cc1F)c1cc2ccccc2oc1=NO. The zero-order valence-corrected chi connectivity index (χ0v) is 11.6. The Labute approximate surface area is 128 Å². The predicted octanol–water partition coefficient (Wildman–Crippen LogP) is 3.25. The lowest BCUT2D eigenvalue weighted by atomic mass is 10.1. The monoisotopic (exact) mass is 316 g/mol. The van der Waals surface area contributed by atoms with Gasteiger partial charge in [0.25, 0.3) is 11.5 Å². The van der Waals surface area contributed by atoms with Gasteiger partial charge in [0.15, 0.2) is 0 Å². The lowest BCUT2D eigenvalue weighted by Crippen LogP contribution is -2.22. The fraction of sp³-hybridized carbons (Fsp3) is 0. The Hall–Kier alpha value is -3.22. The summed E-state index contributed by atoms with van der Waals surface area (Å²) in [4.78, 5) is 12.3. The zero-order chi connectivity index (χ0) is 16.4. The van der Waals surface area contributed by atoms with Crippen molar-refractivity contribution in [3.63, 3.8) is 0 Å². The summed E-state index contributed by atoms with van der Waals surface area (Å²) in [5.74, 6) is -2.43. The van der Waals surface area contributed by atoms with Crippen molar-refractivity contribution in [2.24, 2.45) is 5.16 Å². The lowest BCUT2D eigenvalue weighted by molar-refractivity contribution is 0.102. The second kappa shape index (κ2) is 5.88. The molecule has 116 valence electrons. The number of hydrogen-bond acceptors (Lipinski definition) is 4. The molecule has 0 bridgehead atoms. The molecular formula is C16H10F2N2O3. The molecule has 0 saturated heterocycles. The van der Waals surface area contributed by atoms with Gasteiger partial charge in [0.2, 0.25) is 0 Å². The maximum atomic E-state index is 13.6. The molecule has 0 radical (unpaired) electrons. The van der Waals surface area contributed by atoms with E-state index in [9.17, 15) is 13.6 Å². The number of carbonyl (C=O) groups excluding carboxylic acids is 1. The van der Waals surface area contributed by atoms with Crippen LogP contribution in [0.4, 0.5) is 14.5 Å². The topological polar surface area (TPSA) is 74.8 Å². The van der Waals surface area contributed by atoms with Crippen molar-refractivity contribution < 1.29 is 23.2 Å². The normalized spacial score (nSPS) is 11.7. The van der Waals surface area contributed by atoms with Crippen molar-refractivity contribution in [3.8, 4) is 0 Å². The first-order valence-electron chi connectivity index (χ1n) is 6.56. The highest BCUT2D eigenvalue weighted by molar-refractivity contribution is 6.05. The molecule has 0 fully saturated rings. The average molecular weight is 316 g/mol. The van der Waals surface area contributed by atoms with Gasteiger partial charge in [0, 0.05) is 11.5 Å². The summed E-state index contributed by atoms with van der Waals surface area (Å²) in [5.41, 5.74) is -0.183. The molecule has 2 N–H and O–H groups in total. The fourth-order valence-corrected chi connectivity index (χ4v) is 2.09. The molecule has 0 saturated carbocycles. The summed E-state index contributed by atoms with van der Waals surface area (Å²) >= 11 is 0. The number of benzene rings is 2. The minimum atomic E-state index is -0.918. The number of hydrogen-bond donors (Lipinski definition) is 2. The Morgan fingerprint density at radius 3 is 2.65 bits per heavy atom. The number of anilines is 1. The Balaban J connectivity index is 2.03. The van der Waals surface area contributed by atoms with Crippen LogP contribution < -0.4 is 10.9 Å². The van der Waals surface area contributed by atoms with Gasteiger partial charge in [-0.2, -0.15) is 0 Å². The quantitative estimate of drug-likeness (QED) is 0.563. The number of para-hydroxylation sites is 1. The molecular weight excluding hydrogens is 306 g/mol. The highest BCUT2D eigenvalue weighted by atomic mass is 19.1. The maximum Gasteiger partial charge on any atom is 0.268 e. The standard InChI is InChI=1S/C16H10F2N2O3/c17-10-5-6-13(12(18)8-10)19-15(21)11-7-9-3-1-2-4-14(9)23-16(11)20-22/h1-8,22H,(H,19,21). The zero-order valence-electron chi connectivity index (χ0n) is 11.6. The third kappa shape index (κ3) is 2.89. The van der Waals surface area contributed by atoms with E-state index >= 15 is 0 Å². The first-order chi connectivity index (χ1) is 11.1. The smallest absolute Gasteiger partial charge is 0.268 e. The first kappa shape index (κ1) is 14.7. The van der Waals surface area contributed by atoms with E-state index in [4.69, 9.17) is 9.62 Å². The van der Waals surface area contributed by atoms with Crippen LogP contribution in [0.1, 0.15) is 10.4 Å². The number of amides is 1. The van der Waals surface area contributed by atoms with Gasteiger partial charge in [-0.05, 0) is 29.4 Å². The van der Waals surface area contributed by atoms with E-state index in [1.165, 1.54) is 6.07 Å². The summed E-state index contributed by atoms with van der Waals surface area (Å²) < 4.78 is 31.8. The van der Waals surface area contributed by atoms with Crippen LogP contribution in [0, 0.1) is 11.6 Å². The summed E-state index contributed by atoms with van der Waals surface area (Å²) in [6.45, 7) is 0. The van der Waals surface area contributed by atoms with Crippen molar-refractivity contribution in [2.45, 2.75) is 0 Å². The average Bonchev–Trinajstić information content (AvgIpc) is 2.56. The van der Waals surface area contributed by atoms with Gasteiger partial charge < -0.3 is 14.9 Å². The number of carbonyl (C=O) groups is 1. The summed E-state index contributed by atoms with van der Waals surface area (Å²) in [5, 5.41) is 14.8. The van der Waals surface area contributed by atoms with Crippen LogP contribution in [-0.2, 0) is 0 Å². The summed E-state index contributed by atoms with van der Waals surface area (Å²) in [6.07, 6.45) is 0. The van der Waals surface area contributed by atoms with E-state index in [-0.39, 0.29) is 16.8 Å². The van der Waals surface area contributed by atoms with Crippen LogP contribution in [0.3, 0.4) is 0 Å². The molecule has 1 heterocycles. The van der Waals surface area contributed by atoms with Crippen molar-refractivity contribution >= 4 is 22.6 Å². The Morgan fingerprint density at radius 2 is 1.91 bits per heavy atom. The van der Waals surface area contributed by atoms with E-state index in [0.29, 0.717) is 17.0 Å². The molecule has 5 nitrogen and oxygen atoms in total. The molecule has 3 rings (SSSR count). The predicted molar refractivity (Wildman–Crippen MR) is 77.9 cm³/mol. The van der Waals surface area contributed by atoms with Crippen LogP contribution in [0.15, 0.2) is 58.1 Å². The molecule has 0 atom stereocenters. The van der Waals surface area contributed by atoms with Gasteiger partial charge in [-0.15, -0.1) is 0 Å². The van der Waals surface area contributed by atoms with E-state index in [0.717, 1.165) is 12.1 Å². The minimum Gasteiger partial charge on any atom is -0.435 e. The molecule has 0 spiro atoms. The van der Waals surface area contributed by atoms with Crippen LogP contribution in [0.5, 0.6) is 0 Å². The number of fused-ring (bicyclic) bond motifs is 1. The Morgan fingerprint density at radius 1 is 1.13 bits per heavy atom. The summed E-state index contributed by atoms with van der Waals surface area (Å²) in [7, 11) is 0. The van der Waals surface area contributed by atoms with Crippen LogP contribution in [0.2, 0.25) is 0 Å². The molecule has 1 amide bonds. The highest BCUT2D eigenvalue weighted by Gasteiger charge is 2.15. The third-order valence-electron chi connectivity index (χ3n) is 3.17. The lowest BCUT2D eigenvalue weighted by Gasteiger charge is -2.07. The first-order valence-corrected chi connectivity index (χ1v) is 6.56. The third-order valence-corrected chi connectivity index (χ3v) is 3.17. The van der Waals surface area contributed by atoms with E-state index in [1.54, 1.807) is 24.3 Å². The fourth-order valence-electron chi connectivity index (χ4n) is 2.09. The molecule has 0 unspecified atom stereocenters. The van der Waals surface area contributed by atoms with E-state index in [1.807, 2.05) is 0 Å². The molecule has 0 aliphatic carbocycles. The minimum absolute atomic E-state index is 0.0880. The summed E-state index contributed by atoms with van der Waals surface area (Å²) in [6, 6.07) is 11.0. The van der Waals surface area contributed by atoms with Crippen molar-refractivity contribution in [2.75, 3.05) is 5.32 Å². The van der Waals surface area contributed by atoms with Crippen LogP contribution in [0.25, 0.3) is 11.0 Å². The number of halogens is 2. The van der Waals surface area contributed by atoms with E-state index in [2.05, 4.69) is 10.5 Å². The van der Waals surface area contributed by atoms with Gasteiger partial charge in [-0.3, -0.25) is 4.79 Å². The molecule has 1 aromatic heterocycles. The molecule has 7 heteroatoms. The second-order valence-corrected chi connectivity index (χ2v) is 4.68. The molecule has 0 aliphatic heterocycles. The largest absolute Gasteiger partial charge is 0.435 e. The van der Waals surface area contributed by atoms with Gasteiger partial charge in [-0.25, -0.2) is 8.78 Å². The highest BCUT2D eigenvalue weighted by Crippen LogP contribution is 2.17. The number of rotatable bonds is 2. The second-order valence-electron chi connectivity index (χ2n) is 4.68. The Kier molecular flexibility index (Phi) is 3.76. The molecule has 0 aliphatic rings. The van der Waals surface area contributed by atoms with Crippen molar-refractivity contribution in [1.29, 1.82) is 0 Å². The molecule has 23 heavy (non-hydrogen) atoms. The number of nitrogens with zero attached hydrogens (tertiary/aromatic N) is 1. The number of nitrogens with one attached hydrogen (secondary N) is 1. The van der Waals surface area contributed by atoms with Crippen molar-refractivity contribution in [1.82, 2.24) is 0 Å². The van der Waals surface area contributed by atoms with Crippen LogP contribution >= 0.6 is 0 Å². The maximum absolute atomic E-state index is 13.6. The van der Waals surface area contributed by atoms with E-state index < -0.39 is 17.5 Å². The van der Waals surface area contributed by atoms with Gasteiger partial charge >= 0.3 is 0 Å². The van der Waals surface area contributed by atoms with Gasteiger partial charge in [0.05, 0.1) is 5.69 Å².